The van der Waals surface area contributed by atoms with Gasteiger partial charge in [0.05, 0.1) is 16.7 Å². The topological polar surface area (TPSA) is 50.7 Å². The number of hydrogen-bond acceptors (Lipinski definition) is 4. The van der Waals surface area contributed by atoms with Gasteiger partial charge in [0.1, 0.15) is 34.5 Å². The summed E-state index contributed by atoms with van der Waals surface area (Å²) in [4.78, 5) is 0. The number of hydrogen-bond donors (Lipinski definition) is 0. The van der Waals surface area contributed by atoms with Crippen molar-refractivity contribution in [2.45, 2.75) is 26.2 Å². The molecule has 0 N–H and O–H groups in total. The molecule has 0 radical (unpaired) electrons. The molecule has 7 nitrogen and oxygen atoms in total. The molecule has 15 rings (SSSR count). The molecule has 74 heavy (non-hydrogen) atoms. The van der Waals surface area contributed by atoms with Crippen molar-refractivity contribution in [2.24, 2.45) is 0 Å². The van der Waals surface area contributed by atoms with Gasteiger partial charge in [-0.15, -0.1) is 35.7 Å². The van der Waals surface area contributed by atoms with Crippen LogP contribution >= 0.6 is 0 Å². The average Bonchev–Trinajstić information content (AvgIpc) is 3.97. The number of rotatable bonds is 7. The minimum atomic E-state index is -0.0817. The van der Waals surface area contributed by atoms with Crippen LogP contribution in [0.2, 0.25) is 0 Å². The van der Waals surface area contributed by atoms with E-state index in [0.717, 1.165) is 123 Å². The third-order valence-electron chi connectivity index (χ3n) is 14.6. The molecule has 0 bridgehead atoms. The summed E-state index contributed by atoms with van der Waals surface area (Å²) in [5, 5.41) is 2.23. The Labute approximate surface area is 442 Å². The molecule has 0 saturated carbocycles. The van der Waals surface area contributed by atoms with E-state index in [9.17, 15) is 0 Å². The van der Waals surface area contributed by atoms with Crippen molar-refractivity contribution in [3.63, 3.8) is 0 Å². The summed E-state index contributed by atoms with van der Waals surface area (Å²) < 4.78 is 33.3. The van der Waals surface area contributed by atoms with Crippen molar-refractivity contribution in [3.8, 4) is 85.3 Å². The zero-order valence-electron chi connectivity index (χ0n) is 40.3. The van der Waals surface area contributed by atoms with Crippen LogP contribution in [0, 0.1) is 24.5 Å². The number of aromatic nitrogens is 3. The van der Waals surface area contributed by atoms with Gasteiger partial charge in [-0.3, -0.25) is 4.57 Å². The average molecular weight is 1130 g/mol. The molecule has 352 valence electrons. The zero-order valence-corrected chi connectivity index (χ0v) is 42.6. The molecule has 5 heterocycles. The Balaban J connectivity index is 0.00000505. The number of imidazole rings is 1. The van der Waals surface area contributed by atoms with E-state index < -0.39 is 0 Å². The SMILES string of the molecule is CC(C)(C)c1cc[c-]c(-n2c3[c-]c(Oc4[c-]c(-n5[c-][n+](-c6c(-c7ccccc7)cccc6-c6cc7c8c(c6)Oc6cccc9c6B8c6c(cccc6O7)O9)c6ccccc65)ccc4)ccc3c3ccccc32)c1.[Pt+4]. The number of nitrogens with zero attached hydrogens (tertiary/aromatic N) is 3. The molecule has 0 amide bonds. The smallest absolute Gasteiger partial charge is 0.510 e. The van der Waals surface area contributed by atoms with E-state index in [0.29, 0.717) is 11.5 Å². The molecule has 0 unspecified atom stereocenters. The Bertz CT molecular complexity index is 4210. The zero-order chi connectivity index (χ0) is 48.5. The summed E-state index contributed by atoms with van der Waals surface area (Å²) in [6.07, 6.45) is 3.82. The number of fused-ring (bicyclic) bond motifs is 4. The van der Waals surface area contributed by atoms with Gasteiger partial charge < -0.3 is 28.1 Å². The van der Waals surface area contributed by atoms with Gasteiger partial charge in [0, 0.05) is 33.4 Å². The standard InChI is InChI=1S/C65H41BN3O4.Pt/c1-65(2,3)42-18-11-20-44(36-42)69-51-25-8-7-22-49(51)50-33-32-46(38-54(50)69)70-45-21-12-19-43(37-45)67-39-68(53-27-10-9-26-52(53)67)64-47(40-16-5-4-6-17-40)23-13-24-48(64)41-34-59-63-60(35-41)73-58-31-15-29-56-62(58)66(63)61-55(71-56)28-14-30-57(61)72-59;/h4-19,21-36H,1-3H3;/q-3;+4. The quantitative estimate of drug-likeness (QED) is 0.0907. The van der Waals surface area contributed by atoms with Crippen LogP contribution in [0.15, 0.2) is 194 Å². The number of para-hydroxylation sites is 4. The molecule has 2 aromatic heterocycles. The van der Waals surface area contributed by atoms with E-state index >= 15 is 0 Å². The van der Waals surface area contributed by atoms with Crippen LogP contribution in [0.5, 0.6) is 46.0 Å². The summed E-state index contributed by atoms with van der Waals surface area (Å²) in [5.74, 6) is 5.84. The van der Waals surface area contributed by atoms with Crippen molar-refractivity contribution in [1.29, 1.82) is 0 Å². The fourth-order valence-electron chi connectivity index (χ4n) is 11.2. The van der Waals surface area contributed by atoms with Gasteiger partial charge >= 0.3 is 21.1 Å². The molecule has 0 aliphatic carbocycles. The molecule has 0 atom stereocenters. The van der Waals surface area contributed by atoms with Crippen LogP contribution in [0.25, 0.3) is 72.2 Å². The predicted octanol–water partition coefficient (Wildman–Crippen LogP) is 13.5. The van der Waals surface area contributed by atoms with Crippen LogP contribution in [0.4, 0.5) is 0 Å². The van der Waals surface area contributed by atoms with Crippen molar-refractivity contribution in [1.82, 2.24) is 9.13 Å². The Morgan fingerprint density at radius 1 is 0.514 bits per heavy atom. The van der Waals surface area contributed by atoms with Gasteiger partial charge in [-0.25, -0.2) is 0 Å². The van der Waals surface area contributed by atoms with Crippen LogP contribution in [-0.2, 0) is 26.5 Å². The largest absolute Gasteiger partial charge is 4.00 e. The second-order valence-electron chi connectivity index (χ2n) is 19.9. The second kappa shape index (κ2) is 16.7. The molecule has 0 saturated heterocycles. The number of ether oxygens (including phenoxy) is 4. The predicted molar refractivity (Wildman–Crippen MR) is 288 cm³/mol. The van der Waals surface area contributed by atoms with Gasteiger partial charge in [0.25, 0.3) is 13.0 Å². The monoisotopic (exact) mass is 1130 g/mol. The van der Waals surface area contributed by atoms with Crippen molar-refractivity contribution in [3.05, 3.63) is 224 Å². The Morgan fingerprint density at radius 2 is 1.12 bits per heavy atom. The fourth-order valence-corrected chi connectivity index (χ4v) is 11.2. The molecule has 0 spiro atoms. The summed E-state index contributed by atoms with van der Waals surface area (Å²) in [7, 11) is 0. The first kappa shape index (κ1) is 44.1. The molecule has 0 fully saturated rings. The van der Waals surface area contributed by atoms with Gasteiger partial charge in [-0.05, 0) is 81.2 Å². The van der Waals surface area contributed by atoms with Crippen LogP contribution in [0.1, 0.15) is 26.3 Å². The van der Waals surface area contributed by atoms with Gasteiger partial charge in [0.2, 0.25) is 0 Å². The maximum absolute atomic E-state index is 6.83. The third kappa shape index (κ3) is 6.82. The van der Waals surface area contributed by atoms with Crippen molar-refractivity contribution in [2.75, 3.05) is 0 Å². The minimum absolute atomic E-state index is 0. The molecule has 3 aliphatic heterocycles. The summed E-state index contributed by atoms with van der Waals surface area (Å²) in [5.41, 5.74) is 14.9. The maximum atomic E-state index is 6.83. The Kier molecular flexibility index (Phi) is 9.99. The first-order valence-corrected chi connectivity index (χ1v) is 24.6. The summed E-state index contributed by atoms with van der Waals surface area (Å²) in [6, 6.07) is 77.6. The summed E-state index contributed by atoms with van der Waals surface area (Å²) in [6.45, 7) is 6.62. The second-order valence-corrected chi connectivity index (χ2v) is 19.9. The Hall–Kier alpha value is -8.58. The van der Waals surface area contributed by atoms with E-state index in [1.54, 1.807) is 0 Å². The van der Waals surface area contributed by atoms with E-state index in [2.05, 4.69) is 186 Å². The molecule has 3 aliphatic rings. The van der Waals surface area contributed by atoms with Crippen LogP contribution in [0.3, 0.4) is 0 Å². The molecule has 9 heteroatoms. The molecule has 12 aromatic rings. The van der Waals surface area contributed by atoms with Gasteiger partial charge in [-0.2, -0.15) is 42.0 Å². The van der Waals surface area contributed by atoms with E-state index in [-0.39, 0.29) is 33.2 Å². The fraction of sp³-hybridized carbons (Fsp3) is 0.0615. The third-order valence-corrected chi connectivity index (χ3v) is 14.6. The van der Waals surface area contributed by atoms with Crippen LogP contribution < -0.4 is 39.9 Å². The first-order valence-electron chi connectivity index (χ1n) is 24.6. The molecule has 10 aromatic carbocycles. The van der Waals surface area contributed by atoms with E-state index in [4.69, 9.17) is 18.9 Å². The Morgan fingerprint density at radius 3 is 1.85 bits per heavy atom. The molecular formula is C65H41BN3O4Pt+. The first-order chi connectivity index (χ1) is 35.8. The van der Waals surface area contributed by atoms with E-state index in [1.165, 1.54) is 5.56 Å². The number of benzene rings is 10. The van der Waals surface area contributed by atoms with E-state index in [1.807, 2.05) is 66.7 Å². The van der Waals surface area contributed by atoms with Gasteiger partial charge in [0.15, 0.2) is 0 Å². The van der Waals surface area contributed by atoms with Crippen LogP contribution in [-0.4, -0.2) is 15.8 Å². The van der Waals surface area contributed by atoms with Crippen molar-refractivity contribution < 1.29 is 44.6 Å². The van der Waals surface area contributed by atoms with Gasteiger partial charge in [-0.1, -0.05) is 135 Å². The normalized spacial score (nSPS) is 12.7. The molecular weight excluding hydrogens is 1090 g/mol. The minimum Gasteiger partial charge on any atom is -0.510 e. The maximum Gasteiger partial charge on any atom is 4.00 e. The van der Waals surface area contributed by atoms with Crippen molar-refractivity contribution >= 4 is 55.9 Å². The summed E-state index contributed by atoms with van der Waals surface area (Å²) >= 11 is 0.